The Morgan fingerprint density at radius 3 is 2.56 bits per heavy atom. The van der Waals surface area contributed by atoms with Crippen LogP contribution in [0.4, 0.5) is 5.00 Å². The van der Waals surface area contributed by atoms with Crippen LogP contribution in [-0.4, -0.2) is 61.5 Å². The number of ether oxygens (including phenoxy) is 2. The van der Waals surface area contributed by atoms with Crippen molar-refractivity contribution in [3.63, 3.8) is 0 Å². The van der Waals surface area contributed by atoms with E-state index < -0.39 is 11.2 Å². The predicted octanol–water partition coefficient (Wildman–Crippen LogP) is 3.17. The number of hydrogen-bond donors (Lipinski definition) is 3. The number of methoxy groups -OCH3 is 2. The maximum atomic E-state index is 13.4. The Morgan fingerprint density at radius 2 is 1.83 bits per heavy atom. The predicted molar refractivity (Wildman–Crippen MR) is 143 cm³/mol. The number of hydrogen-bond acceptors (Lipinski definition) is 9. The number of thioether (sulfide) groups is 1. The summed E-state index contributed by atoms with van der Waals surface area (Å²) in [4.78, 5) is 44.9. The van der Waals surface area contributed by atoms with Crippen LogP contribution in [0.15, 0.2) is 16.3 Å². The number of aliphatic imine (C=N–C) groups is 1. The quantitative estimate of drug-likeness (QED) is 0.345. The van der Waals surface area contributed by atoms with Gasteiger partial charge in [0.15, 0.2) is 0 Å². The van der Waals surface area contributed by atoms with E-state index in [1.165, 1.54) is 24.9 Å². The monoisotopic (exact) mass is 534 g/mol. The average Bonchev–Trinajstić information content (AvgIpc) is 3.41. The van der Waals surface area contributed by atoms with Gasteiger partial charge in [0.05, 0.1) is 31.4 Å². The van der Waals surface area contributed by atoms with Gasteiger partial charge in [-0.05, 0) is 44.1 Å². The summed E-state index contributed by atoms with van der Waals surface area (Å²) in [6.45, 7) is 0.742. The Morgan fingerprint density at radius 1 is 1.08 bits per heavy atom. The second kappa shape index (κ2) is 12.2. The normalized spacial score (nSPS) is 21.4. The maximum absolute atomic E-state index is 13.4. The van der Waals surface area contributed by atoms with E-state index in [1.54, 1.807) is 7.11 Å². The average molecular weight is 535 g/mol. The van der Waals surface area contributed by atoms with E-state index in [9.17, 15) is 14.4 Å². The first-order valence-corrected chi connectivity index (χ1v) is 14.2. The zero-order chi connectivity index (χ0) is 25.7. The number of esters is 1. The summed E-state index contributed by atoms with van der Waals surface area (Å²) in [7, 11) is 2.92. The van der Waals surface area contributed by atoms with Gasteiger partial charge >= 0.3 is 5.97 Å². The molecule has 9 nitrogen and oxygen atoms in total. The molecule has 1 fully saturated rings. The Labute approximate surface area is 219 Å². The molecule has 1 saturated carbocycles. The molecule has 2 amide bonds. The van der Waals surface area contributed by atoms with E-state index in [1.807, 2.05) is 0 Å². The van der Waals surface area contributed by atoms with Gasteiger partial charge in [0.25, 0.3) is 5.91 Å². The molecule has 4 N–H and O–H groups in total. The number of aryl methyl sites for hydroxylation is 1. The van der Waals surface area contributed by atoms with Crippen molar-refractivity contribution in [2.75, 3.05) is 32.7 Å². The molecule has 2 heterocycles. The number of carbonyl (C=O) groups is 3. The summed E-state index contributed by atoms with van der Waals surface area (Å²) < 4.78 is 10.1. The molecule has 196 valence electrons. The van der Waals surface area contributed by atoms with Gasteiger partial charge in [0.2, 0.25) is 5.91 Å². The van der Waals surface area contributed by atoms with Crippen LogP contribution in [0.1, 0.15) is 65.7 Å². The fourth-order valence-electron chi connectivity index (χ4n) is 4.92. The van der Waals surface area contributed by atoms with Gasteiger partial charge in [-0.2, -0.15) is 0 Å². The molecule has 0 aromatic carbocycles. The summed E-state index contributed by atoms with van der Waals surface area (Å²) in [5.41, 5.74) is 8.28. The second-order valence-corrected chi connectivity index (χ2v) is 11.4. The van der Waals surface area contributed by atoms with Crippen LogP contribution in [-0.2, 0) is 31.9 Å². The molecule has 1 aliphatic heterocycles. The molecule has 1 atom stereocenters. The van der Waals surface area contributed by atoms with Crippen molar-refractivity contribution in [3.8, 4) is 0 Å². The van der Waals surface area contributed by atoms with E-state index in [0.717, 1.165) is 73.6 Å². The fraction of sp³-hybridized carbons (Fsp3) is 0.600. The van der Waals surface area contributed by atoms with Gasteiger partial charge in [-0.1, -0.05) is 31.0 Å². The van der Waals surface area contributed by atoms with E-state index in [2.05, 4.69) is 15.6 Å². The van der Waals surface area contributed by atoms with Crippen LogP contribution < -0.4 is 16.4 Å². The van der Waals surface area contributed by atoms with Crippen LogP contribution in [0.5, 0.6) is 0 Å². The molecule has 4 rings (SSSR count). The minimum atomic E-state index is -0.831. The number of nitrogens with one attached hydrogen (secondary N) is 2. The summed E-state index contributed by atoms with van der Waals surface area (Å²) >= 11 is 2.58. The third kappa shape index (κ3) is 5.78. The third-order valence-corrected chi connectivity index (χ3v) is 9.24. The molecule has 11 heteroatoms. The lowest BCUT2D eigenvalue weighted by atomic mass is 9.95. The van der Waals surface area contributed by atoms with E-state index >= 15 is 0 Å². The highest BCUT2D eigenvalue weighted by Gasteiger charge is 2.39. The van der Waals surface area contributed by atoms with Crippen LogP contribution >= 0.6 is 23.1 Å². The summed E-state index contributed by atoms with van der Waals surface area (Å²) in [5.74, 6) is -1.14. The van der Waals surface area contributed by atoms with Crippen molar-refractivity contribution in [2.24, 2.45) is 10.7 Å². The highest BCUT2D eigenvalue weighted by atomic mass is 32.2. The number of carbonyl (C=O) groups excluding carboxylic acids is 3. The van der Waals surface area contributed by atoms with Crippen LogP contribution in [0.3, 0.4) is 0 Å². The topological polar surface area (TPSA) is 132 Å². The molecule has 1 aromatic rings. The van der Waals surface area contributed by atoms with Crippen molar-refractivity contribution in [1.29, 1.82) is 0 Å². The highest BCUT2D eigenvalue weighted by Crippen LogP contribution is 2.40. The van der Waals surface area contributed by atoms with Crippen LogP contribution in [0.25, 0.3) is 0 Å². The molecule has 0 spiro atoms. The second-order valence-electron chi connectivity index (χ2n) is 9.21. The fourth-order valence-corrected chi connectivity index (χ4v) is 7.33. The number of nitrogens with two attached hydrogens (primary N) is 1. The number of thiophene rings is 1. The molecule has 3 aliphatic rings. The maximum Gasteiger partial charge on any atom is 0.341 e. The van der Waals surface area contributed by atoms with Gasteiger partial charge in [-0.3, -0.25) is 14.6 Å². The number of fused-ring (bicyclic) bond motifs is 1. The molecule has 0 bridgehead atoms. The van der Waals surface area contributed by atoms with E-state index in [4.69, 9.17) is 15.2 Å². The molecule has 2 aliphatic carbocycles. The smallest absolute Gasteiger partial charge is 0.341 e. The summed E-state index contributed by atoms with van der Waals surface area (Å²) in [5, 5.41) is 6.10. The largest absolute Gasteiger partial charge is 0.465 e. The van der Waals surface area contributed by atoms with Crippen molar-refractivity contribution in [3.05, 3.63) is 27.3 Å². The lowest BCUT2D eigenvalue weighted by molar-refractivity contribution is -0.117. The lowest BCUT2D eigenvalue weighted by Gasteiger charge is -2.23. The van der Waals surface area contributed by atoms with Gasteiger partial charge in [0, 0.05) is 23.7 Å². The highest BCUT2D eigenvalue weighted by molar-refractivity contribution is 8.16. The van der Waals surface area contributed by atoms with Crippen molar-refractivity contribution < 1.29 is 23.9 Å². The summed E-state index contributed by atoms with van der Waals surface area (Å²) in [6, 6.07) is 0.102. The van der Waals surface area contributed by atoms with Gasteiger partial charge < -0.3 is 25.8 Å². The zero-order valence-corrected chi connectivity index (χ0v) is 22.4. The standard InChI is InChI=1S/C25H34N4O5S2/c1-33-13-12-27-23-18(21(30)28-14-8-4-3-5-9-14)19(26)20(36-23)22(31)29-24-17(25(32)34-2)15-10-6-7-11-16(15)35-24/h14,20H,3-13,26H2,1-2H3,(H,28,30)(H,29,31)/t20-/m1/s1. The number of anilines is 1. The van der Waals surface area contributed by atoms with Gasteiger partial charge in [0.1, 0.15) is 15.3 Å². The Bertz CT molecular complexity index is 1070. The molecule has 36 heavy (non-hydrogen) atoms. The summed E-state index contributed by atoms with van der Waals surface area (Å²) in [6.07, 6.45) is 8.93. The first-order chi connectivity index (χ1) is 17.4. The first-order valence-electron chi connectivity index (χ1n) is 12.5. The molecular weight excluding hydrogens is 500 g/mol. The van der Waals surface area contributed by atoms with Gasteiger partial charge in [-0.25, -0.2) is 4.79 Å². The number of rotatable bonds is 8. The third-order valence-electron chi connectivity index (χ3n) is 6.77. The Balaban J connectivity index is 1.58. The number of nitrogens with zero attached hydrogens (tertiary/aromatic N) is 1. The van der Waals surface area contributed by atoms with Crippen molar-refractivity contribution >= 4 is 50.9 Å². The SMILES string of the molecule is COCCN=C1S[C@@H](C(=O)Nc2sc3c(c2C(=O)OC)CCCC3)C(N)=C1C(=O)NC1CCCCC1. The zero-order valence-electron chi connectivity index (χ0n) is 20.8. The van der Waals surface area contributed by atoms with Crippen LogP contribution in [0, 0.1) is 0 Å². The van der Waals surface area contributed by atoms with Crippen molar-refractivity contribution in [1.82, 2.24) is 5.32 Å². The lowest BCUT2D eigenvalue weighted by Crippen LogP contribution is -2.39. The Hall–Kier alpha value is -2.37. The minimum Gasteiger partial charge on any atom is -0.465 e. The molecular formula is C25H34N4O5S2. The van der Waals surface area contributed by atoms with Crippen LogP contribution in [0.2, 0.25) is 0 Å². The van der Waals surface area contributed by atoms with Gasteiger partial charge in [-0.15, -0.1) is 11.3 Å². The molecule has 1 aromatic heterocycles. The molecule has 0 radical (unpaired) electrons. The van der Waals surface area contributed by atoms with E-state index in [-0.39, 0.29) is 29.1 Å². The molecule has 0 unspecified atom stereocenters. The van der Waals surface area contributed by atoms with E-state index in [0.29, 0.717) is 28.8 Å². The first kappa shape index (κ1) is 26.7. The number of amides is 2. The Kier molecular flexibility index (Phi) is 9.08. The molecule has 0 saturated heterocycles. The minimum absolute atomic E-state index is 0.102. The van der Waals surface area contributed by atoms with Crippen molar-refractivity contribution in [2.45, 2.75) is 69.1 Å².